The van der Waals surface area contributed by atoms with E-state index in [1.54, 1.807) is 19.2 Å². The Balaban J connectivity index is 1.98. The molecule has 0 saturated heterocycles. The summed E-state index contributed by atoms with van der Waals surface area (Å²) in [6.07, 6.45) is 0. The molecule has 0 aliphatic rings. The van der Waals surface area contributed by atoms with E-state index in [4.69, 9.17) is 16.3 Å². The number of hydrogen-bond donors (Lipinski definition) is 1. The standard InChI is InChI=1S/C15H13Br2ClFNO/c1-21-15-11(16)4-10(5-12(15)17)8-20-7-9-2-3-14(19)13(18)6-9/h2-6,20H,7-8H2,1H3. The molecule has 0 aliphatic heterocycles. The van der Waals surface area contributed by atoms with E-state index in [0.29, 0.717) is 13.1 Å². The van der Waals surface area contributed by atoms with Gasteiger partial charge in [-0.05, 0) is 67.3 Å². The van der Waals surface area contributed by atoms with Gasteiger partial charge in [0.25, 0.3) is 0 Å². The molecule has 1 N–H and O–H groups in total. The lowest BCUT2D eigenvalue weighted by molar-refractivity contribution is 0.409. The third-order valence-corrected chi connectivity index (χ3v) is 4.37. The lowest BCUT2D eigenvalue weighted by Crippen LogP contribution is -2.12. The van der Waals surface area contributed by atoms with Crippen LogP contribution in [-0.4, -0.2) is 7.11 Å². The molecule has 0 spiro atoms. The van der Waals surface area contributed by atoms with Crippen LogP contribution >= 0.6 is 43.5 Å². The van der Waals surface area contributed by atoms with Gasteiger partial charge >= 0.3 is 0 Å². The first-order valence-corrected chi connectivity index (χ1v) is 8.14. The molecule has 2 nitrogen and oxygen atoms in total. The van der Waals surface area contributed by atoms with Crippen molar-refractivity contribution in [2.75, 3.05) is 7.11 Å². The molecule has 0 radical (unpaired) electrons. The van der Waals surface area contributed by atoms with Crippen molar-refractivity contribution < 1.29 is 9.13 Å². The Kier molecular flexibility index (Phi) is 6.05. The maximum atomic E-state index is 13.1. The van der Waals surface area contributed by atoms with Crippen LogP contribution in [0.25, 0.3) is 0 Å². The molecule has 0 aliphatic carbocycles. The van der Waals surface area contributed by atoms with Crippen LogP contribution in [-0.2, 0) is 13.1 Å². The first kappa shape index (κ1) is 16.7. The van der Waals surface area contributed by atoms with Gasteiger partial charge in [-0.25, -0.2) is 4.39 Å². The highest BCUT2D eigenvalue weighted by Crippen LogP contribution is 2.34. The number of halogens is 4. The first-order valence-electron chi connectivity index (χ1n) is 6.18. The van der Waals surface area contributed by atoms with Crippen LogP contribution in [0.3, 0.4) is 0 Å². The highest BCUT2D eigenvalue weighted by Gasteiger charge is 2.07. The molecule has 0 aromatic heterocycles. The molecule has 0 unspecified atom stereocenters. The summed E-state index contributed by atoms with van der Waals surface area (Å²) in [6.45, 7) is 1.29. The second-order valence-electron chi connectivity index (χ2n) is 4.44. The summed E-state index contributed by atoms with van der Waals surface area (Å²) in [5.41, 5.74) is 2.04. The third kappa shape index (κ3) is 4.42. The fourth-order valence-electron chi connectivity index (χ4n) is 1.91. The van der Waals surface area contributed by atoms with Crippen LogP contribution in [0.5, 0.6) is 5.75 Å². The second-order valence-corrected chi connectivity index (χ2v) is 6.56. The van der Waals surface area contributed by atoms with E-state index in [0.717, 1.165) is 25.8 Å². The van der Waals surface area contributed by atoms with Crippen LogP contribution < -0.4 is 10.1 Å². The Hall–Kier alpha value is -0.620. The SMILES string of the molecule is COc1c(Br)cc(CNCc2ccc(F)c(Cl)c2)cc1Br. The maximum Gasteiger partial charge on any atom is 0.147 e. The Morgan fingerprint density at radius 3 is 2.29 bits per heavy atom. The molecule has 0 saturated carbocycles. The lowest BCUT2D eigenvalue weighted by Gasteiger charge is -2.10. The minimum Gasteiger partial charge on any atom is -0.494 e. The predicted octanol–water partition coefficient (Wildman–Crippen LogP) is 5.30. The number of hydrogen-bond acceptors (Lipinski definition) is 2. The molecule has 6 heteroatoms. The summed E-state index contributed by atoms with van der Waals surface area (Å²) >= 11 is 12.7. The van der Waals surface area contributed by atoms with Crippen molar-refractivity contribution in [3.63, 3.8) is 0 Å². The zero-order valence-corrected chi connectivity index (χ0v) is 15.1. The summed E-state index contributed by atoms with van der Waals surface area (Å²) in [6, 6.07) is 8.71. The molecule has 0 heterocycles. The number of benzene rings is 2. The van der Waals surface area contributed by atoms with E-state index < -0.39 is 5.82 Å². The summed E-state index contributed by atoms with van der Waals surface area (Å²) in [7, 11) is 1.63. The van der Waals surface area contributed by atoms with Crippen molar-refractivity contribution in [3.05, 3.63) is 61.2 Å². The molecule has 0 fully saturated rings. The fraction of sp³-hybridized carbons (Fsp3) is 0.200. The van der Waals surface area contributed by atoms with Gasteiger partial charge in [0, 0.05) is 13.1 Å². The molecule has 2 aromatic rings. The second kappa shape index (κ2) is 7.58. The van der Waals surface area contributed by atoms with Crippen LogP contribution in [0.15, 0.2) is 39.3 Å². The van der Waals surface area contributed by atoms with Crippen molar-refractivity contribution in [1.29, 1.82) is 0 Å². The van der Waals surface area contributed by atoms with Gasteiger partial charge in [-0.3, -0.25) is 0 Å². The summed E-state index contributed by atoms with van der Waals surface area (Å²) < 4.78 is 20.1. The Morgan fingerprint density at radius 2 is 1.71 bits per heavy atom. The number of methoxy groups -OCH3 is 1. The first-order chi connectivity index (χ1) is 10.0. The Bertz CT molecular complexity index is 629. The van der Waals surface area contributed by atoms with Crippen molar-refractivity contribution in [3.8, 4) is 5.75 Å². The minimum absolute atomic E-state index is 0.143. The highest BCUT2D eigenvalue weighted by atomic mass is 79.9. The van der Waals surface area contributed by atoms with Gasteiger partial charge in [0.1, 0.15) is 11.6 Å². The molecule has 2 aromatic carbocycles. The van der Waals surface area contributed by atoms with Crippen molar-refractivity contribution in [2.24, 2.45) is 0 Å². The van der Waals surface area contributed by atoms with Gasteiger partial charge in [-0.1, -0.05) is 17.7 Å². The average Bonchev–Trinajstić information content (AvgIpc) is 2.42. The molecule has 0 atom stereocenters. The molecular formula is C15H13Br2ClFNO. The van der Waals surface area contributed by atoms with Gasteiger partial charge in [-0.2, -0.15) is 0 Å². The quantitative estimate of drug-likeness (QED) is 0.685. The predicted molar refractivity (Wildman–Crippen MR) is 90.3 cm³/mol. The average molecular weight is 438 g/mol. The van der Waals surface area contributed by atoms with Crippen molar-refractivity contribution in [2.45, 2.75) is 13.1 Å². The van der Waals surface area contributed by atoms with E-state index in [2.05, 4.69) is 37.2 Å². The van der Waals surface area contributed by atoms with Crippen molar-refractivity contribution >= 4 is 43.5 Å². The van der Waals surface area contributed by atoms with Crippen molar-refractivity contribution in [1.82, 2.24) is 5.32 Å². The van der Waals surface area contributed by atoms with Crippen LogP contribution in [0, 0.1) is 5.82 Å². The minimum atomic E-state index is -0.400. The Labute approximate surface area is 144 Å². The summed E-state index contributed by atoms with van der Waals surface area (Å²) in [5, 5.41) is 3.44. The maximum absolute atomic E-state index is 13.1. The van der Waals surface area contributed by atoms with Gasteiger partial charge in [0.2, 0.25) is 0 Å². The van der Waals surface area contributed by atoms with Gasteiger partial charge in [0.15, 0.2) is 0 Å². The summed E-state index contributed by atoms with van der Waals surface area (Å²) in [5.74, 6) is 0.368. The molecule has 0 amide bonds. The van der Waals surface area contributed by atoms with Gasteiger partial charge in [0.05, 0.1) is 21.1 Å². The lowest BCUT2D eigenvalue weighted by atomic mass is 10.2. The fourth-order valence-corrected chi connectivity index (χ4v) is 3.72. The topological polar surface area (TPSA) is 21.3 Å². The number of ether oxygens (including phenoxy) is 1. The zero-order chi connectivity index (χ0) is 15.4. The molecular weight excluding hydrogens is 424 g/mol. The zero-order valence-electron chi connectivity index (χ0n) is 11.2. The van der Waals surface area contributed by atoms with E-state index in [1.165, 1.54) is 6.07 Å². The van der Waals surface area contributed by atoms with Crippen LogP contribution in [0.2, 0.25) is 5.02 Å². The van der Waals surface area contributed by atoms with Crippen LogP contribution in [0.4, 0.5) is 4.39 Å². The van der Waals surface area contributed by atoms with Gasteiger partial charge < -0.3 is 10.1 Å². The Morgan fingerprint density at radius 1 is 1.10 bits per heavy atom. The normalized spacial score (nSPS) is 10.7. The van der Waals surface area contributed by atoms with Gasteiger partial charge in [-0.15, -0.1) is 0 Å². The molecule has 0 bridgehead atoms. The molecule has 21 heavy (non-hydrogen) atoms. The van der Waals surface area contributed by atoms with E-state index >= 15 is 0 Å². The van der Waals surface area contributed by atoms with Crippen LogP contribution in [0.1, 0.15) is 11.1 Å². The summed E-state index contributed by atoms with van der Waals surface area (Å²) in [4.78, 5) is 0. The number of rotatable bonds is 5. The smallest absolute Gasteiger partial charge is 0.147 e. The number of nitrogens with one attached hydrogen (secondary N) is 1. The molecule has 2 rings (SSSR count). The van der Waals surface area contributed by atoms with E-state index in [-0.39, 0.29) is 5.02 Å². The van der Waals surface area contributed by atoms with E-state index in [9.17, 15) is 4.39 Å². The highest BCUT2D eigenvalue weighted by molar-refractivity contribution is 9.11. The largest absolute Gasteiger partial charge is 0.494 e. The van der Waals surface area contributed by atoms with E-state index in [1.807, 2.05) is 12.1 Å². The molecule has 112 valence electrons. The monoisotopic (exact) mass is 435 g/mol. The third-order valence-electron chi connectivity index (χ3n) is 2.90.